The Kier molecular flexibility index (Phi) is 2.52. The molecule has 0 saturated carbocycles. The monoisotopic (exact) mass is 201 g/mol. The van der Waals surface area contributed by atoms with Crippen LogP contribution in [0.4, 0.5) is 0 Å². The van der Waals surface area contributed by atoms with E-state index in [0.29, 0.717) is 6.42 Å². The van der Waals surface area contributed by atoms with Gasteiger partial charge >= 0.3 is 0 Å². The number of hydrogen-bond acceptors (Lipinski definition) is 4. The molecule has 0 aliphatic heterocycles. The van der Waals surface area contributed by atoms with E-state index in [0.717, 1.165) is 16.3 Å². The zero-order valence-corrected chi connectivity index (χ0v) is 8.16. The molecule has 0 aromatic carbocycles. The minimum Gasteiger partial charge on any atom is -0.265 e. The van der Waals surface area contributed by atoms with Crippen molar-refractivity contribution in [2.24, 2.45) is 0 Å². The van der Waals surface area contributed by atoms with Crippen molar-refractivity contribution in [1.82, 2.24) is 9.97 Å². The maximum atomic E-state index is 8.51. The normalized spacial score (nSPS) is 9.64. The second-order valence-electron chi connectivity index (χ2n) is 2.70. The summed E-state index contributed by atoms with van der Waals surface area (Å²) in [6.45, 7) is 0. The lowest BCUT2D eigenvalue weighted by Crippen LogP contribution is -1.81. The number of nitrogens with zero attached hydrogens (tertiary/aromatic N) is 3. The van der Waals surface area contributed by atoms with Crippen LogP contribution in [0.2, 0.25) is 0 Å². The summed E-state index contributed by atoms with van der Waals surface area (Å²) < 4.78 is 0. The third-order valence-electron chi connectivity index (χ3n) is 1.76. The Morgan fingerprint density at radius 1 is 1.36 bits per heavy atom. The first-order valence-corrected chi connectivity index (χ1v) is 5.00. The first-order chi connectivity index (χ1) is 6.90. The van der Waals surface area contributed by atoms with Crippen molar-refractivity contribution in [1.29, 1.82) is 5.26 Å². The molecule has 0 aliphatic carbocycles. The Bertz CT molecular complexity index is 456. The summed E-state index contributed by atoms with van der Waals surface area (Å²) in [4.78, 5) is 8.28. The van der Waals surface area contributed by atoms with Crippen LogP contribution >= 0.6 is 11.3 Å². The molecule has 0 fully saturated rings. The molecule has 3 nitrogen and oxygen atoms in total. The highest BCUT2D eigenvalue weighted by Gasteiger charge is 2.02. The van der Waals surface area contributed by atoms with Crippen LogP contribution in [0.15, 0.2) is 29.9 Å². The van der Waals surface area contributed by atoms with E-state index in [4.69, 9.17) is 5.26 Å². The highest BCUT2D eigenvalue weighted by Crippen LogP contribution is 2.20. The van der Waals surface area contributed by atoms with E-state index in [2.05, 4.69) is 16.0 Å². The topological polar surface area (TPSA) is 49.6 Å². The van der Waals surface area contributed by atoms with Crippen LogP contribution in [0.5, 0.6) is 0 Å². The predicted octanol–water partition coefficient (Wildman–Crippen LogP) is 2.27. The quantitative estimate of drug-likeness (QED) is 0.748. The fraction of sp³-hybridized carbons (Fsp3) is 0.100. The maximum absolute atomic E-state index is 8.51. The summed E-state index contributed by atoms with van der Waals surface area (Å²) in [6.07, 6.45) is 3.85. The van der Waals surface area contributed by atoms with Gasteiger partial charge in [-0.3, -0.25) is 4.98 Å². The summed E-state index contributed by atoms with van der Waals surface area (Å²) in [7, 11) is 0. The van der Waals surface area contributed by atoms with E-state index >= 15 is 0 Å². The molecule has 2 aromatic rings. The van der Waals surface area contributed by atoms with Gasteiger partial charge in [0, 0.05) is 23.3 Å². The third-order valence-corrected chi connectivity index (χ3v) is 2.61. The van der Waals surface area contributed by atoms with Crippen LogP contribution in [0.25, 0.3) is 11.3 Å². The molecule has 0 bridgehead atoms. The molecule has 2 heterocycles. The van der Waals surface area contributed by atoms with Gasteiger partial charge in [-0.05, 0) is 12.1 Å². The molecule has 0 spiro atoms. The number of aromatic nitrogens is 2. The lowest BCUT2D eigenvalue weighted by atomic mass is 10.2. The first kappa shape index (κ1) is 8.85. The van der Waals surface area contributed by atoms with Gasteiger partial charge < -0.3 is 0 Å². The van der Waals surface area contributed by atoms with E-state index in [1.54, 1.807) is 12.4 Å². The van der Waals surface area contributed by atoms with Gasteiger partial charge in [-0.25, -0.2) is 4.98 Å². The van der Waals surface area contributed by atoms with Crippen molar-refractivity contribution in [3.8, 4) is 17.3 Å². The van der Waals surface area contributed by atoms with Crippen molar-refractivity contribution < 1.29 is 0 Å². The fourth-order valence-corrected chi connectivity index (χ4v) is 1.85. The van der Waals surface area contributed by atoms with Gasteiger partial charge in [-0.2, -0.15) is 5.26 Å². The molecule has 0 atom stereocenters. The zero-order chi connectivity index (χ0) is 9.80. The summed E-state index contributed by atoms with van der Waals surface area (Å²) in [6, 6.07) is 5.90. The lowest BCUT2D eigenvalue weighted by molar-refractivity contribution is 1.19. The average Bonchev–Trinajstić information content (AvgIpc) is 2.68. The smallest absolute Gasteiger partial charge is 0.107 e. The lowest BCUT2D eigenvalue weighted by Gasteiger charge is -1.92. The summed E-state index contributed by atoms with van der Waals surface area (Å²) in [5, 5.41) is 11.3. The maximum Gasteiger partial charge on any atom is 0.107 e. The van der Waals surface area contributed by atoms with Gasteiger partial charge in [0.15, 0.2) is 0 Å². The molecule has 0 radical (unpaired) electrons. The SMILES string of the molecule is N#CCc1nc(-c2ccncc2)cs1. The second kappa shape index (κ2) is 3.99. The van der Waals surface area contributed by atoms with Crippen molar-refractivity contribution in [2.45, 2.75) is 6.42 Å². The average molecular weight is 201 g/mol. The minimum atomic E-state index is 0.385. The number of nitriles is 1. The molecule has 2 rings (SSSR count). The van der Waals surface area contributed by atoms with Crippen LogP contribution in [0.1, 0.15) is 5.01 Å². The molecule has 0 saturated heterocycles. The van der Waals surface area contributed by atoms with Crippen molar-refractivity contribution in [2.75, 3.05) is 0 Å². The molecule has 14 heavy (non-hydrogen) atoms. The van der Waals surface area contributed by atoms with Crippen LogP contribution in [0.3, 0.4) is 0 Å². The van der Waals surface area contributed by atoms with Gasteiger partial charge in [0.1, 0.15) is 5.01 Å². The predicted molar refractivity (Wildman–Crippen MR) is 54.7 cm³/mol. The van der Waals surface area contributed by atoms with Crippen LogP contribution in [-0.4, -0.2) is 9.97 Å². The summed E-state index contributed by atoms with van der Waals surface area (Å²) in [5.41, 5.74) is 1.96. The molecule has 4 heteroatoms. The first-order valence-electron chi connectivity index (χ1n) is 4.12. The summed E-state index contributed by atoms with van der Waals surface area (Å²) >= 11 is 1.51. The fourth-order valence-electron chi connectivity index (χ4n) is 1.11. The van der Waals surface area contributed by atoms with Crippen LogP contribution < -0.4 is 0 Å². The largest absolute Gasteiger partial charge is 0.265 e. The van der Waals surface area contributed by atoms with Crippen molar-refractivity contribution in [3.05, 3.63) is 34.9 Å². The number of thiazole rings is 1. The Hall–Kier alpha value is -1.73. The van der Waals surface area contributed by atoms with Gasteiger partial charge in [0.2, 0.25) is 0 Å². The molecule has 0 aliphatic rings. The Morgan fingerprint density at radius 2 is 2.14 bits per heavy atom. The number of rotatable bonds is 2. The molecule has 2 aromatic heterocycles. The van der Waals surface area contributed by atoms with E-state index in [1.807, 2.05) is 17.5 Å². The van der Waals surface area contributed by atoms with Crippen molar-refractivity contribution >= 4 is 11.3 Å². The van der Waals surface area contributed by atoms with Crippen LogP contribution in [-0.2, 0) is 6.42 Å². The molecular formula is C10H7N3S. The number of pyridine rings is 1. The Balaban J connectivity index is 2.31. The zero-order valence-electron chi connectivity index (χ0n) is 7.34. The number of hydrogen-bond donors (Lipinski definition) is 0. The highest BCUT2D eigenvalue weighted by atomic mass is 32.1. The van der Waals surface area contributed by atoms with Gasteiger partial charge in [-0.1, -0.05) is 0 Å². The van der Waals surface area contributed by atoms with Gasteiger partial charge in [0.05, 0.1) is 18.2 Å². The highest BCUT2D eigenvalue weighted by molar-refractivity contribution is 7.10. The third kappa shape index (κ3) is 1.78. The molecule has 68 valence electrons. The molecule has 0 N–H and O–H groups in total. The van der Waals surface area contributed by atoms with E-state index in [9.17, 15) is 0 Å². The van der Waals surface area contributed by atoms with E-state index in [-0.39, 0.29) is 0 Å². The van der Waals surface area contributed by atoms with Crippen LogP contribution in [0, 0.1) is 11.3 Å². The van der Waals surface area contributed by atoms with E-state index < -0.39 is 0 Å². The Morgan fingerprint density at radius 3 is 2.86 bits per heavy atom. The van der Waals surface area contributed by atoms with Gasteiger partial charge in [-0.15, -0.1) is 11.3 Å². The minimum absolute atomic E-state index is 0.385. The second-order valence-corrected chi connectivity index (χ2v) is 3.64. The standard InChI is InChI=1S/C10H7N3S/c11-4-1-10-13-9(7-14-10)8-2-5-12-6-3-8/h2-3,5-7H,1H2. The van der Waals surface area contributed by atoms with E-state index in [1.165, 1.54) is 11.3 Å². The molecule has 0 unspecified atom stereocenters. The Labute approximate surface area is 85.7 Å². The van der Waals surface area contributed by atoms with Crippen molar-refractivity contribution in [3.63, 3.8) is 0 Å². The molecular weight excluding hydrogens is 194 g/mol. The summed E-state index contributed by atoms with van der Waals surface area (Å²) in [5.74, 6) is 0. The molecule has 0 amide bonds. The van der Waals surface area contributed by atoms with Gasteiger partial charge in [0.25, 0.3) is 0 Å².